The monoisotopic (exact) mass is 373 g/mol. The van der Waals surface area contributed by atoms with Gasteiger partial charge < -0.3 is 10.1 Å². The number of carbonyl (C=O) groups excluding carboxylic acids is 2. The number of amides is 2. The molecule has 7 heteroatoms. The molecule has 2 aromatic carbocycles. The highest BCUT2D eigenvalue weighted by molar-refractivity contribution is 6.33. The van der Waals surface area contributed by atoms with Crippen LogP contribution in [0.2, 0.25) is 5.02 Å². The number of rotatable bonds is 8. The molecule has 0 aromatic heterocycles. The van der Waals surface area contributed by atoms with E-state index in [1.54, 1.807) is 24.3 Å². The molecule has 6 nitrogen and oxygen atoms in total. The van der Waals surface area contributed by atoms with E-state index in [2.05, 4.69) is 15.8 Å². The van der Waals surface area contributed by atoms with E-state index in [4.69, 9.17) is 16.3 Å². The van der Waals surface area contributed by atoms with Gasteiger partial charge in [0, 0.05) is 12.8 Å². The molecule has 0 fully saturated rings. The maximum absolute atomic E-state index is 11.8. The van der Waals surface area contributed by atoms with Crippen LogP contribution in [0.1, 0.15) is 25.3 Å². The van der Waals surface area contributed by atoms with Gasteiger partial charge in [-0.1, -0.05) is 23.7 Å². The smallest absolute Gasteiger partial charge is 0.240 e. The molecule has 0 aliphatic rings. The Labute approximate surface area is 157 Å². The molecule has 136 valence electrons. The molecule has 2 amide bonds. The number of hydrazone groups is 1. The Bertz CT molecular complexity index is 776. The molecule has 0 radical (unpaired) electrons. The molecule has 2 N–H and O–H groups in total. The number of anilines is 1. The summed E-state index contributed by atoms with van der Waals surface area (Å²) >= 11 is 5.96. The molecular weight excluding hydrogens is 354 g/mol. The summed E-state index contributed by atoms with van der Waals surface area (Å²) in [5.41, 5.74) is 3.74. The van der Waals surface area contributed by atoms with E-state index in [1.165, 1.54) is 6.21 Å². The third kappa shape index (κ3) is 6.57. The van der Waals surface area contributed by atoms with Crippen LogP contribution in [0.15, 0.2) is 53.6 Å². The van der Waals surface area contributed by atoms with Crippen LogP contribution in [-0.2, 0) is 9.59 Å². The van der Waals surface area contributed by atoms with Crippen molar-refractivity contribution in [3.05, 3.63) is 59.1 Å². The second-order valence-electron chi connectivity index (χ2n) is 5.32. The van der Waals surface area contributed by atoms with Crippen molar-refractivity contribution in [3.8, 4) is 5.75 Å². The minimum atomic E-state index is -0.346. The van der Waals surface area contributed by atoms with Gasteiger partial charge in [-0.05, 0) is 48.9 Å². The van der Waals surface area contributed by atoms with Gasteiger partial charge >= 0.3 is 0 Å². The van der Waals surface area contributed by atoms with Crippen molar-refractivity contribution in [1.29, 1.82) is 0 Å². The molecule has 0 atom stereocenters. The molecule has 0 saturated carbocycles. The predicted octanol–water partition coefficient (Wildman–Crippen LogP) is 3.61. The van der Waals surface area contributed by atoms with Gasteiger partial charge in [0.25, 0.3) is 0 Å². The van der Waals surface area contributed by atoms with E-state index in [1.807, 2.05) is 31.2 Å². The zero-order valence-electron chi connectivity index (χ0n) is 14.4. The first kappa shape index (κ1) is 19.5. The lowest BCUT2D eigenvalue weighted by atomic mass is 10.2. The second-order valence-corrected chi connectivity index (χ2v) is 5.73. The quantitative estimate of drug-likeness (QED) is 0.548. The summed E-state index contributed by atoms with van der Waals surface area (Å²) in [6, 6.07) is 14.2. The largest absolute Gasteiger partial charge is 0.494 e. The zero-order chi connectivity index (χ0) is 18.8. The first-order valence-corrected chi connectivity index (χ1v) is 8.55. The van der Waals surface area contributed by atoms with Crippen LogP contribution >= 0.6 is 11.6 Å². The summed E-state index contributed by atoms with van der Waals surface area (Å²) in [5.74, 6) is 0.142. The average molecular weight is 374 g/mol. The molecular formula is C19H20ClN3O3. The fourth-order valence-corrected chi connectivity index (χ4v) is 2.24. The maximum Gasteiger partial charge on any atom is 0.240 e. The van der Waals surface area contributed by atoms with Crippen LogP contribution in [0.5, 0.6) is 5.75 Å². The first-order chi connectivity index (χ1) is 12.6. The van der Waals surface area contributed by atoms with Crippen molar-refractivity contribution in [2.75, 3.05) is 11.9 Å². The van der Waals surface area contributed by atoms with Crippen molar-refractivity contribution in [1.82, 2.24) is 5.43 Å². The van der Waals surface area contributed by atoms with E-state index in [0.29, 0.717) is 17.3 Å². The van der Waals surface area contributed by atoms with Crippen LogP contribution in [0.3, 0.4) is 0 Å². The average Bonchev–Trinajstić information content (AvgIpc) is 2.64. The van der Waals surface area contributed by atoms with E-state index in [9.17, 15) is 9.59 Å². The topological polar surface area (TPSA) is 79.8 Å². The molecule has 0 spiro atoms. The van der Waals surface area contributed by atoms with Crippen molar-refractivity contribution in [2.24, 2.45) is 5.10 Å². The number of hydrogen-bond donors (Lipinski definition) is 2. The first-order valence-electron chi connectivity index (χ1n) is 8.17. The Balaban J connectivity index is 1.73. The highest BCUT2D eigenvalue weighted by Gasteiger charge is 2.08. The van der Waals surface area contributed by atoms with Crippen molar-refractivity contribution in [2.45, 2.75) is 19.8 Å². The molecule has 0 bridgehead atoms. The normalized spacial score (nSPS) is 10.5. The second kappa shape index (κ2) is 10.2. The van der Waals surface area contributed by atoms with Crippen LogP contribution in [0.25, 0.3) is 0 Å². The molecule has 26 heavy (non-hydrogen) atoms. The van der Waals surface area contributed by atoms with Gasteiger partial charge in [-0.25, -0.2) is 5.43 Å². The molecule has 0 unspecified atom stereocenters. The van der Waals surface area contributed by atoms with Gasteiger partial charge in [0.1, 0.15) is 5.75 Å². The number of nitrogens with zero attached hydrogens (tertiary/aromatic N) is 1. The SMILES string of the molecule is CCOc1ccc(C=NNC(=O)CCC(=O)Nc2ccccc2Cl)cc1. The van der Waals surface area contributed by atoms with E-state index in [-0.39, 0.29) is 24.7 Å². The standard InChI is InChI=1S/C19H20ClN3O3/c1-2-26-15-9-7-14(8-10-15)13-21-23-19(25)12-11-18(24)22-17-6-4-3-5-16(17)20/h3-10,13H,2,11-12H2,1H3,(H,22,24)(H,23,25). The Hall–Kier alpha value is -2.86. The number of nitrogens with one attached hydrogen (secondary N) is 2. The highest BCUT2D eigenvalue weighted by Crippen LogP contribution is 2.20. The molecule has 0 aliphatic carbocycles. The number of carbonyl (C=O) groups is 2. The summed E-state index contributed by atoms with van der Waals surface area (Å²) in [6.45, 7) is 2.52. The number of halogens is 1. The summed E-state index contributed by atoms with van der Waals surface area (Å²) < 4.78 is 5.35. The predicted molar refractivity (Wildman–Crippen MR) is 103 cm³/mol. The van der Waals surface area contributed by atoms with Gasteiger partial charge in [0.15, 0.2) is 0 Å². The van der Waals surface area contributed by atoms with Crippen molar-refractivity contribution < 1.29 is 14.3 Å². The van der Waals surface area contributed by atoms with Crippen LogP contribution < -0.4 is 15.5 Å². The van der Waals surface area contributed by atoms with Gasteiger partial charge in [-0.2, -0.15) is 5.10 Å². The summed E-state index contributed by atoms with van der Waals surface area (Å²) in [5, 5.41) is 6.99. The van der Waals surface area contributed by atoms with Crippen LogP contribution in [0, 0.1) is 0 Å². The zero-order valence-corrected chi connectivity index (χ0v) is 15.1. The van der Waals surface area contributed by atoms with Crippen LogP contribution in [0.4, 0.5) is 5.69 Å². The van der Waals surface area contributed by atoms with E-state index >= 15 is 0 Å². The highest BCUT2D eigenvalue weighted by atomic mass is 35.5. The van der Waals surface area contributed by atoms with Gasteiger partial charge in [-0.3, -0.25) is 9.59 Å². The van der Waals surface area contributed by atoms with E-state index < -0.39 is 0 Å². The minimum absolute atomic E-state index is 0.0247. The minimum Gasteiger partial charge on any atom is -0.494 e. The molecule has 2 aromatic rings. The summed E-state index contributed by atoms with van der Waals surface area (Å²) in [7, 11) is 0. The number of benzene rings is 2. The fourth-order valence-electron chi connectivity index (χ4n) is 2.05. The van der Waals surface area contributed by atoms with Crippen molar-refractivity contribution >= 4 is 35.3 Å². The fraction of sp³-hybridized carbons (Fsp3) is 0.211. The Morgan fingerprint density at radius 3 is 2.46 bits per heavy atom. The number of para-hydroxylation sites is 1. The Kier molecular flexibility index (Phi) is 7.64. The lowest BCUT2D eigenvalue weighted by Crippen LogP contribution is -2.20. The lowest BCUT2D eigenvalue weighted by molar-refractivity contribution is -0.124. The number of hydrogen-bond acceptors (Lipinski definition) is 4. The molecule has 0 aliphatic heterocycles. The van der Waals surface area contributed by atoms with Crippen molar-refractivity contribution in [3.63, 3.8) is 0 Å². The molecule has 0 heterocycles. The summed E-state index contributed by atoms with van der Waals surface area (Å²) in [6.07, 6.45) is 1.59. The van der Waals surface area contributed by atoms with Gasteiger partial charge in [-0.15, -0.1) is 0 Å². The number of ether oxygens (including phenoxy) is 1. The Morgan fingerprint density at radius 1 is 1.08 bits per heavy atom. The van der Waals surface area contributed by atoms with E-state index in [0.717, 1.165) is 11.3 Å². The molecule has 0 saturated heterocycles. The Morgan fingerprint density at radius 2 is 1.77 bits per heavy atom. The third-order valence-electron chi connectivity index (χ3n) is 3.32. The maximum atomic E-state index is 11.8. The summed E-state index contributed by atoms with van der Waals surface area (Å²) in [4.78, 5) is 23.6. The molecule has 2 rings (SSSR count). The van der Waals surface area contributed by atoms with Gasteiger partial charge in [0.05, 0.1) is 23.5 Å². The van der Waals surface area contributed by atoms with Gasteiger partial charge in [0.2, 0.25) is 11.8 Å². The third-order valence-corrected chi connectivity index (χ3v) is 3.65. The van der Waals surface area contributed by atoms with Crippen LogP contribution in [-0.4, -0.2) is 24.6 Å². The lowest BCUT2D eigenvalue weighted by Gasteiger charge is -2.06.